The molecule has 18 heavy (non-hydrogen) atoms. The van der Waals surface area contributed by atoms with Crippen LogP contribution in [0.2, 0.25) is 0 Å². The number of rotatable bonds is 4. The molecule has 1 aromatic carbocycles. The van der Waals surface area contributed by atoms with Crippen molar-refractivity contribution in [1.29, 1.82) is 0 Å². The second-order valence-electron chi connectivity index (χ2n) is 3.83. The summed E-state index contributed by atoms with van der Waals surface area (Å²) in [5.74, 6) is -0.333. The molecule has 0 bridgehead atoms. The molecule has 1 amide bonds. The average Bonchev–Trinajstić information content (AvgIpc) is 2.35. The van der Waals surface area contributed by atoms with Crippen molar-refractivity contribution in [3.05, 3.63) is 23.8 Å². The number of aliphatic carboxylic acids is 1. The molecular weight excluding hydrogens is 238 g/mol. The Morgan fingerprint density at radius 1 is 1.22 bits per heavy atom. The van der Waals surface area contributed by atoms with E-state index in [2.05, 4.69) is 5.32 Å². The summed E-state index contributed by atoms with van der Waals surface area (Å²) in [5, 5.41) is 11.0. The molecule has 0 aliphatic carbocycles. The summed E-state index contributed by atoms with van der Waals surface area (Å²) in [4.78, 5) is 21.5. The number of carboxylic acid groups (broad SMARTS) is 1. The lowest BCUT2D eigenvalue weighted by Crippen LogP contribution is -2.25. The fourth-order valence-electron chi connectivity index (χ4n) is 1.60. The second kappa shape index (κ2) is 5.39. The zero-order chi connectivity index (χ0) is 13.0. The lowest BCUT2D eigenvalue weighted by molar-refractivity contribution is -0.140. The summed E-state index contributed by atoms with van der Waals surface area (Å²) in [6.45, 7) is 1.30. The molecule has 6 nitrogen and oxygen atoms in total. The van der Waals surface area contributed by atoms with Crippen molar-refractivity contribution in [2.75, 3.05) is 13.2 Å². The first-order valence-electron chi connectivity index (χ1n) is 5.52. The smallest absolute Gasteiger partial charge is 0.312 e. The van der Waals surface area contributed by atoms with Crippen LogP contribution in [-0.2, 0) is 16.1 Å². The average molecular weight is 251 g/mol. The minimum absolute atomic E-state index is 0.267. The van der Waals surface area contributed by atoms with Crippen molar-refractivity contribution < 1.29 is 24.2 Å². The predicted molar refractivity (Wildman–Crippen MR) is 61.5 cm³/mol. The second-order valence-corrected chi connectivity index (χ2v) is 3.83. The third-order valence-electron chi connectivity index (χ3n) is 2.41. The number of ether oxygens (including phenoxy) is 2. The molecule has 0 unspecified atom stereocenters. The highest BCUT2D eigenvalue weighted by Crippen LogP contribution is 2.30. The first kappa shape index (κ1) is 12.2. The standard InChI is InChI=1S/C12H13NO5/c14-11(6-12(15)16)13-7-8-1-2-9-10(5-8)18-4-3-17-9/h1-2,5H,3-4,6-7H2,(H,13,14)(H,15,16). The first-order chi connectivity index (χ1) is 8.65. The molecule has 0 atom stereocenters. The Balaban J connectivity index is 1.94. The normalized spacial score (nSPS) is 12.9. The molecule has 0 radical (unpaired) electrons. The van der Waals surface area contributed by atoms with Crippen LogP contribution in [0, 0.1) is 0 Å². The van der Waals surface area contributed by atoms with E-state index in [9.17, 15) is 9.59 Å². The molecule has 2 N–H and O–H groups in total. The van der Waals surface area contributed by atoms with Gasteiger partial charge in [0.15, 0.2) is 11.5 Å². The molecule has 1 heterocycles. The van der Waals surface area contributed by atoms with E-state index >= 15 is 0 Å². The van der Waals surface area contributed by atoms with E-state index in [1.165, 1.54) is 0 Å². The molecule has 1 aliphatic heterocycles. The zero-order valence-electron chi connectivity index (χ0n) is 9.64. The number of benzene rings is 1. The third kappa shape index (κ3) is 3.13. The van der Waals surface area contributed by atoms with Gasteiger partial charge in [-0.3, -0.25) is 9.59 Å². The molecular formula is C12H13NO5. The van der Waals surface area contributed by atoms with Gasteiger partial charge >= 0.3 is 5.97 Å². The Bertz CT molecular complexity index is 472. The summed E-state index contributed by atoms with van der Waals surface area (Å²) in [5.41, 5.74) is 0.831. The molecule has 0 saturated heterocycles. The number of carbonyl (C=O) groups excluding carboxylic acids is 1. The maximum atomic E-state index is 11.2. The van der Waals surface area contributed by atoms with Gasteiger partial charge in [0.25, 0.3) is 0 Å². The summed E-state index contributed by atoms with van der Waals surface area (Å²) in [7, 11) is 0. The molecule has 0 fully saturated rings. The van der Waals surface area contributed by atoms with Gasteiger partial charge in [-0.15, -0.1) is 0 Å². The molecule has 2 rings (SSSR count). The summed E-state index contributed by atoms with van der Waals surface area (Å²) in [6, 6.07) is 5.34. The van der Waals surface area contributed by atoms with E-state index in [0.29, 0.717) is 24.7 Å². The molecule has 1 aromatic rings. The van der Waals surface area contributed by atoms with Crippen molar-refractivity contribution in [1.82, 2.24) is 5.32 Å². The third-order valence-corrected chi connectivity index (χ3v) is 2.41. The first-order valence-corrected chi connectivity index (χ1v) is 5.52. The van der Waals surface area contributed by atoms with Gasteiger partial charge in [0.2, 0.25) is 5.91 Å². The SMILES string of the molecule is O=C(O)CC(=O)NCc1ccc2c(c1)OCCO2. The van der Waals surface area contributed by atoms with Crippen molar-refractivity contribution in [3.8, 4) is 11.5 Å². The van der Waals surface area contributed by atoms with E-state index in [1.54, 1.807) is 18.2 Å². The van der Waals surface area contributed by atoms with Gasteiger partial charge in [-0.25, -0.2) is 0 Å². The Morgan fingerprint density at radius 2 is 1.94 bits per heavy atom. The van der Waals surface area contributed by atoms with Crippen molar-refractivity contribution in [3.63, 3.8) is 0 Å². The van der Waals surface area contributed by atoms with Crippen LogP contribution in [0.3, 0.4) is 0 Å². The number of carboxylic acids is 1. The number of hydrogen-bond acceptors (Lipinski definition) is 4. The lowest BCUT2D eigenvalue weighted by atomic mass is 10.2. The number of hydrogen-bond donors (Lipinski definition) is 2. The van der Waals surface area contributed by atoms with Crippen LogP contribution in [0.25, 0.3) is 0 Å². The van der Waals surface area contributed by atoms with Crippen LogP contribution >= 0.6 is 0 Å². The van der Waals surface area contributed by atoms with Gasteiger partial charge in [-0.2, -0.15) is 0 Å². The Kier molecular flexibility index (Phi) is 3.66. The Hall–Kier alpha value is -2.24. The van der Waals surface area contributed by atoms with E-state index < -0.39 is 18.3 Å². The van der Waals surface area contributed by atoms with Crippen LogP contribution < -0.4 is 14.8 Å². The van der Waals surface area contributed by atoms with Crippen LogP contribution in [-0.4, -0.2) is 30.2 Å². The monoisotopic (exact) mass is 251 g/mol. The van der Waals surface area contributed by atoms with E-state index in [-0.39, 0.29) is 6.54 Å². The molecule has 0 saturated carbocycles. The molecule has 6 heteroatoms. The van der Waals surface area contributed by atoms with E-state index in [1.807, 2.05) is 0 Å². The summed E-state index contributed by atoms with van der Waals surface area (Å²) in [6.07, 6.45) is -0.523. The van der Waals surface area contributed by atoms with Crippen LogP contribution in [0.4, 0.5) is 0 Å². The van der Waals surface area contributed by atoms with E-state index in [4.69, 9.17) is 14.6 Å². The lowest BCUT2D eigenvalue weighted by Gasteiger charge is -2.18. The van der Waals surface area contributed by atoms with Gasteiger partial charge in [0, 0.05) is 6.54 Å². The number of amides is 1. The van der Waals surface area contributed by atoms with Gasteiger partial charge in [0.1, 0.15) is 19.6 Å². The highest BCUT2D eigenvalue weighted by Gasteiger charge is 2.12. The van der Waals surface area contributed by atoms with Crippen LogP contribution in [0.1, 0.15) is 12.0 Å². The van der Waals surface area contributed by atoms with Gasteiger partial charge in [0.05, 0.1) is 0 Å². The maximum absolute atomic E-state index is 11.2. The van der Waals surface area contributed by atoms with Crippen molar-refractivity contribution in [2.24, 2.45) is 0 Å². The van der Waals surface area contributed by atoms with Crippen LogP contribution in [0.5, 0.6) is 11.5 Å². The topological polar surface area (TPSA) is 84.9 Å². The molecule has 0 aromatic heterocycles. The zero-order valence-corrected chi connectivity index (χ0v) is 9.64. The van der Waals surface area contributed by atoms with Gasteiger partial charge < -0.3 is 19.9 Å². The fraction of sp³-hybridized carbons (Fsp3) is 0.333. The summed E-state index contributed by atoms with van der Waals surface area (Å²) < 4.78 is 10.8. The maximum Gasteiger partial charge on any atom is 0.312 e. The Labute approximate surface area is 104 Å². The minimum Gasteiger partial charge on any atom is -0.486 e. The number of fused-ring (bicyclic) bond motifs is 1. The van der Waals surface area contributed by atoms with Crippen molar-refractivity contribution in [2.45, 2.75) is 13.0 Å². The molecule has 0 spiro atoms. The highest BCUT2D eigenvalue weighted by atomic mass is 16.6. The van der Waals surface area contributed by atoms with Gasteiger partial charge in [-0.1, -0.05) is 6.07 Å². The quantitative estimate of drug-likeness (QED) is 0.763. The Morgan fingerprint density at radius 3 is 2.67 bits per heavy atom. The predicted octanol–water partition coefficient (Wildman–Crippen LogP) is 0.549. The fourth-order valence-corrected chi connectivity index (χ4v) is 1.60. The van der Waals surface area contributed by atoms with Gasteiger partial charge in [-0.05, 0) is 17.7 Å². The number of nitrogens with one attached hydrogen (secondary N) is 1. The largest absolute Gasteiger partial charge is 0.486 e. The van der Waals surface area contributed by atoms with E-state index in [0.717, 1.165) is 5.56 Å². The summed E-state index contributed by atoms with van der Waals surface area (Å²) >= 11 is 0. The molecule has 1 aliphatic rings. The van der Waals surface area contributed by atoms with Crippen LogP contribution in [0.15, 0.2) is 18.2 Å². The molecule has 96 valence electrons. The minimum atomic E-state index is -1.14. The highest BCUT2D eigenvalue weighted by molar-refractivity contribution is 5.93. The van der Waals surface area contributed by atoms with Crippen molar-refractivity contribution >= 4 is 11.9 Å². The number of carbonyl (C=O) groups is 2.